The predicted octanol–water partition coefficient (Wildman–Crippen LogP) is 1.12. The number of carbonyl (C=O) groups is 2. The molecule has 0 bridgehead atoms. The summed E-state index contributed by atoms with van der Waals surface area (Å²) in [5.41, 5.74) is -0.531. The number of hydrogen-bond donors (Lipinski definition) is 1. The van der Waals surface area contributed by atoms with E-state index in [0.29, 0.717) is 19.6 Å². The Hall–Kier alpha value is -1.10. The number of ether oxygens (including phenoxy) is 2. The average Bonchev–Trinajstić information content (AvgIpc) is 2.15. The highest BCUT2D eigenvalue weighted by Gasteiger charge is 2.28. The molecule has 0 aromatic carbocycles. The van der Waals surface area contributed by atoms with Gasteiger partial charge in [0.25, 0.3) is 0 Å². The predicted molar refractivity (Wildman–Crippen MR) is 58.1 cm³/mol. The minimum atomic E-state index is -0.531. The normalized spacial score (nSPS) is 25.9. The largest absolute Gasteiger partial charge is 0.444 e. The van der Waals surface area contributed by atoms with Gasteiger partial charge in [0.2, 0.25) is 0 Å². The van der Waals surface area contributed by atoms with Crippen LogP contribution in [0.3, 0.4) is 0 Å². The van der Waals surface area contributed by atoms with E-state index in [1.807, 2.05) is 0 Å². The first-order valence-corrected chi connectivity index (χ1v) is 5.45. The smallest absolute Gasteiger partial charge is 0.407 e. The van der Waals surface area contributed by atoms with Crippen LogP contribution in [0.25, 0.3) is 0 Å². The summed E-state index contributed by atoms with van der Waals surface area (Å²) >= 11 is 0. The van der Waals surface area contributed by atoms with Gasteiger partial charge in [0.1, 0.15) is 11.9 Å². The highest BCUT2D eigenvalue weighted by atomic mass is 16.6. The summed E-state index contributed by atoms with van der Waals surface area (Å²) in [7, 11) is 0. The van der Waals surface area contributed by atoms with Gasteiger partial charge in [-0.2, -0.15) is 0 Å². The van der Waals surface area contributed by atoms with Gasteiger partial charge in [-0.25, -0.2) is 4.79 Å². The van der Waals surface area contributed by atoms with Crippen LogP contribution in [0.1, 0.15) is 27.2 Å². The average molecular weight is 229 g/mol. The third-order valence-electron chi connectivity index (χ3n) is 2.29. The SMILES string of the molecule is CC(C)(C)OC(=O)N[C@@H]1COCC[C@H]1C=O. The van der Waals surface area contributed by atoms with E-state index in [-0.39, 0.29) is 12.0 Å². The lowest BCUT2D eigenvalue weighted by atomic mass is 9.97. The molecule has 0 aliphatic carbocycles. The van der Waals surface area contributed by atoms with Crippen molar-refractivity contribution < 1.29 is 19.1 Å². The van der Waals surface area contributed by atoms with Crippen molar-refractivity contribution in [2.75, 3.05) is 13.2 Å². The van der Waals surface area contributed by atoms with Crippen LogP contribution in [0.2, 0.25) is 0 Å². The molecule has 0 aromatic heterocycles. The highest BCUT2D eigenvalue weighted by Crippen LogP contribution is 2.14. The fourth-order valence-electron chi connectivity index (χ4n) is 1.53. The molecule has 0 spiro atoms. The lowest BCUT2D eigenvalue weighted by Gasteiger charge is -2.29. The highest BCUT2D eigenvalue weighted by molar-refractivity contribution is 5.69. The number of rotatable bonds is 2. The fourth-order valence-corrected chi connectivity index (χ4v) is 1.53. The number of alkyl carbamates (subject to hydrolysis) is 1. The topological polar surface area (TPSA) is 64.6 Å². The van der Waals surface area contributed by atoms with Crippen molar-refractivity contribution >= 4 is 12.4 Å². The molecule has 2 atom stereocenters. The van der Waals surface area contributed by atoms with E-state index in [2.05, 4.69) is 5.32 Å². The summed E-state index contributed by atoms with van der Waals surface area (Å²) in [6.07, 6.45) is 1.00. The van der Waals surface area contributed by atoms with Gasteiger partial charge < -0.3 is 19.6 Å². The summed E-state index contributed by atoms with van der Waals surface area (Å²) in [5.74, 6) is -0.179. The minimum Gasteiger partial charge on any atom is -0.444 e. The van der Waals surface area contributed by atoms with E-state index in [1.165, 1.54) is 0 Å². The number of nitrogens with one attached hydrogen (secondary N) is 1. The molecule has 16 heavy (non-hydrogen) atoms. The number of hydrogen-bond acceptors (Lipinski definition) is 4. The standard InChI is InChI=1S/C11H19NO4/c1-11(2,3)16-10(14)12-9-7-15-5-4-8(9)6-13/h6,8-9H,4-5,7H2,1-3H3,(H,12,14)/t8-,9+/m0/s1. The number of aldehydes is 1. The third-order valence-corrected chi connectivity index (χ3v) is 2.29. The van der Waals surface area contributed by atoms with Crippen LogP contribution in [-0.4, -0.2) is 37.2 Å². The zero-order valence-electron chi connectivity index (χ0n) is 9.99. The number of amides is 1. The molecule has 1 amide bonds. The van der Waals surface area contributed by atoms with Crippen LogP contribution in [-0.2, 0) is 14.3 Å². The Morgan fingerprint density at radius 3 is 2.75 bits per heavy atom. The van der Waals surface area contributed by atoms with E-state index >= 15 is 0 Å². The minimum absolute atomic E-state index is 0.179. The molecule has 5 heteroatoms. The van der Waals surface area contributed by atoms with Gasteiger partial charge in [-0.3, -0.25) is 0 Å². The van der Waals surface area contributed by atoms with Gasteiger partial charge in [-0.1, -0.05) is 0 Å². The summed E-state index contributed by atoms with van der Waals surface area (Å²) in [5, 5.41) is 2.66. The molecule has 1 aliphatic rings. The van der Waals surface area contributed by atoms with Crippen LogP contribution in [0.4, 0.5) is 4.79 Å². The quantitative estimate of drug-likeness (QED) is 0.720. The Morgan fingerprint density at radius 1 is 1.50 bits per heavy atom. The van der Waals surface area contributed by atoms with E-state index in [4.69, 9.17) is 9.47 Å². The van der Waals surface area contributed by atoms with Gasteiger partial charge in [-0.15, -0.1) is 0 Å². The van der Waals surface area contributed by atoms with E-state index in [0.717, 1.165) is 6.29 Å². The van der Waals surface area contributed by atoms with Crippen molar-refractivity contribution in [2.45, 2.75) is 38.8 Å². The molecular formula is C11H19NO4. The van der Waals surface area contributed by atoms with Crippen LogP contribution in [0.5, 0.6) is 0 Å². The molecule has 0 unspecified atom stereocenters. The molecule has 0 saturated carbocycles. The van der Waals surface area contributed by atoms with Crippen molar-refractivity contribution in [3.05, 3.63) is 0 Å². The molecule has 1 heterocycles. The molecule has 1 aliphatic heterocycles. The summed E-state index contributed by atoms with van der Waals surface area (Å²) in [6, 6.07) is -0.277. The summed E-state index contributed by atoms with van der Waals surface area (Å²) < 4.78 is 10.3. The Morgan fingerprint density at radius 2 is 2.19 bits per heavy atom. The van der Waals surface area contributed by atoms with Gasteiger partial charge >= 0.3 is 6.09 Å². The first-order valence-electron chi connectivity index (χ1n) is 5.45. The maximum absolute atomic E-state index is 11.5. The van der Waals surface area contributed by atoms with Gasteiger partial charge in [0.05, 0.1) is 12.6 Å². The van der Waals surface area contributed by atoms with Gasteiger partial charge in [0.15, 0.2) is 0 Å². The molecule has 92 valence electrons. The molecule has 1 saturated heterocycles. The second-order valence-electron chi connectivity index (χ2n) is 4.92. The van der Waals surface area contributed by atoms with Crippen molar-refractivity contribution in [1.82, 2.24) is 5.32 Å². The molecule has 1 fully saturated rings. The summed E-state index contributed by atoms with van der Waals surface area (Å²) in [4.78, 5) is 22.3. The second-order valence-corrected chi connectivity index (χ2v) is 4.92. The monoisotopic (exact) mass is 229 g/mol. The van der Waals surface area contributed by atoms with E-state index in [9.17, 15) is 9.59 Å². The zero-order valence-corrected chi connectivity index (χ0v) is 9.99. The Labute approximate surface area is 95.5 Å². The molecule has 1 N–H and O–H groups in total. The van der Waals surface area contributed by atoms with Crippen LogP contribution in [0.15, 0.2) is 0 Å². The zero-order chi connectivity index (χ0) is 12.2. The summed E-state index contributed by atoms with van der Waals surface area (Å²) in [6.45, 7) is 6.31. The maximum atomic E-state index is 11.5. The van der Waals surface area contributed by atoms with Gasteiger partial charge in [0, 0.05) is 12.5 Å². The van der Waals surface area contributed by atoms with Crippen molar-refractivity contribution in [2.24, 2.45) is 5.92 Å². The second kappa shape index (κ2) is 5.30. The van der Waals surface area contributed by atoms with E-state index < -0.39 is 11.7 Å². The van der Waals surface area contributed by atoms with E-state index in [1.54, 1.807) is 20.8 Å². The third kappa shape index (κ3) is 4.18. The molecule has 0 radical (unpaired) electrons. The van der Waals surface area contributed by atoms with Gasteiger partial charge in [-0.05, 0) is 27.2 Å². The van der Waals surface area contributed by atoms with Crippen molar-refractivity contribution in [3.63, 3.8) is 0 Å². The molecule has 5 nitrogen and oxygen atoms in total. The lowest BCUT2D eigenvalue weighted by Crippen LogP contribution is -2.48. The number of carbonyl (C=O) groups excluding carboxylic acids is 2. The maximum Gasteiger partial charge on any atom is 0.407 e. The first-order chi connectivity index (χ1) is 7.42. The molecule has 1 rings (SSSR count). The van der Waals surface area contributed by atoms with Crippen molar-refractivity contribution in [3.8, 4) is 0 Å². The van der Waals surface area contributed by atoms with Crippen LogP contribution >= 0.6 is 0 Å². The molecular weight excluding hydrogens is 210 g/mol. The van der Waals surface area contributed by atoms with Crippen LogP contribution < -0.4 is 5.32 Å². The Bertz CT molecular complexity index is 259. The Balaban J connectivity index is 2.45. The van der Waals surface area contributed by atoms with Crippen LogP contribution in [0, 0.1) is 5.92 Å². The first kappa shape index (κ1) is 13.0. The lowest BCUT2D eigenvalue weighted by molar-refractivity contribution is -0.114. The van der Waals surface area contributed by atoms with Crippen molar-refractivity contribution in [1.29, 1.82) is 0 Å². The Kier molecular flexibility index (Phi) is 4.29. The fraction of sp³-hybridized carbons (Fsp3) is 0.818. The molecule has 0 aromatic rings.